The zero-order valence-corrected chi connectivity index (χ0v) is 21.3. The number of aromatic amines is 1. The summed E-state index contributed by atoms with van der Waals surface area (Å²) >= 11 is 0. The second kappa shape index (κ2) is 11.2. The molecule has 0 unspecified atom stereocenters. The molecule has 0 atom stereocenters. The first-order valence-corrected chi connectivity index (χ1v) is 12.9. The number of benzene rings is 2. The Morgan fingerprint density at radius 1 is 0.892 bits per heavy atom. The maximum Gasteiger partial charge on any atom is 0.333 e. The number of nitrogens with zero attached hydrogens (tertiary/aromatic N) is 6. The number of rotatable bonds is 10. The van der Waals surface area contributed by atoms with Gasteiger partial charge in [0.05, 0.1) is 17.9 Å². The van der Waals surface area contributed by atoms with Crippen molar-refractivity contribution in [1.29, 1.82) is 0 Å². The highest BCUT2D eigenvalue weighted by Gasteiger charge is 2.16. The topological polar surface area (TPSA) is 94.3 Å². The van der Waals surface area contributed by atoms with Crippen LogP contribution in [-0.2, 0) is 19.4 Å². The SMILES string of the molecule is CCCCc1cn(-c2ccccc2CCC)c(=O)n1Cc1ccc(-c2ccccc2-c2nnn[nH]2)cn1. The van der Waals surface area contributed by atoms with Crippen LogP contribution in [0, 0.1) is 0 Å². The van der Waals surface area contributed by atoms with Gasteiger partial charge in [-0.3, -0.25) is 14.1 Å². The Morgan fingerprint density at radius 2 is 1.70 bits per heavy atom. The average molecular weight is 494 g/mol. The molecule has 0 spiro atoms. The van der Waals surface area contributed by atoms with Crippen LogP contribution in [0.15, 0.2) is 77.9 Å². The molecule has 8 nitrogen and oxygen atoms in total. The van der Waals surface area contributed by atoms with E-state index in [9.17, 15) is 4.79 Å². The summed E-state index contributed by atoms with van der Waals surface area (Å²) < 4.78 is 3.68. The molecule has 2 aromatic carbocycles. The van der Waals surface area contributed by atoms with Gasteiger partial charge < -0.3 is 0 Å². The van der Waals surface area contributed by atoms with Crippen LogP contribution >= 0.6 is 0 Å². The molecule has 5 rings (SSSR count). The molecule has 0 aliphatic heterocycles. The number of nitrogens with one attached hydrogen (secondary N) is 1. The maximum atomic E-state index is 13.7. The zero-order valence-electron chi connectivity index (χ0n) is 21.3. The first kappa shape index (κ1) is 24.4. The van der Waals surface area contributed by atoms with Crippen molar-refractivity contribution >= 4 is 0 Å². The summed E-state index contributed by atoms with van der Waals surface area (Å²) in [6, 6.07) is 20.1. The van der Waals surface area contributed by atoms with Crippen LogP contribution in [0.3, 0.4) is 0 Å². The lowest BCUT2D eigenvalue weighted by Crippen LogP contribution is -2.25. The summed E-state index contributed by atoms with van der Waals surface area (Å²) in [4.78, 5) is 18.4. The van der Waals surface area contributed by atoms with Crippen LogP contribution in [0.4, 0.5) is 0 Å². The van der Waals surface area contributed by atoms with E-state index in [4.69, 9.17) is 4.98 Å². The number of para-hydroxylation sites is 1. The number of hydrogen-bond acceptors (Lipinski definition) is 5. The van der Waals surface area contributed by atoms with E-state index in [1.807, 2.05) is 76.1 Å². The average Bonchev–Trinajstić information content (AvgIpc) is 3.58. The fraction of sp³-hybridized carbons (Fsp3) is 0.276. The van der Waals surface area contributed by atoms with Crippen molar-refractivity contribution in [3.05, 3.63) is 100 Å². The summed E-state index contributed by atoms with van der Waals surface area (Å²) in [6.07, 6.45) is 8.78. The van der Waals surface area contributed by atoms with Gasteiger partial charge in [-0.2, -0.15) is 0 Å². The Balaban J connectivity index is 1.48. The molecule has 3 aromatic heterocycles. The van der Waals surface area contributed by atoms with Gasteiger partial charge in [-0.15, -0.1) is 5.10 Å². The standard InChI is InChI=1S/C29H31N7O/c1-3-5-12-24-20-36(27-15-9-6-11-21(27)10-4-2)29(37)35(24)19-23-17-16-22(18-30-23)25-13-7-8-14-26(25)28-31-33-34-32-28/h6-9,11,13-18,20H,3-5,10,12,19H2,1-2H3,(H,31,32,33,34). The summed E-state index contributed by atoms with van der Waals surface area (Å²) in [5.74, 6) is 0.608. The first-order valence-electron chi connectivity index (χ1n) is 12.9. The monoisotopic (exact) mass is 493 g/mol. The van der Waals surface area contributed by atoms with E-state index < -0.39 is 0 Å². The van der Waals surface area contributed by atoms with Crippen LogP contribution < -0.4 is 5.69 Å². The molecule has 3 heterocycles. The van der Waals surface area contributed by atoms with E-state index in [0.717, 1.165) is 65.9 Å². The smallest absolute Gasteiger partial charge is 0.290 e. The van der Waals surface area contributed by atoms with E-state index in [2.05, 4.69) is 40.5 Å². The van der Waals surface area contributed by atoms with Crippen molar-refractivity contribution in [2.24, 2.45) is 0 Å². The highest BCUT2D eigenvalue weighted by molar-refractivity contribution is 5.79. The molecule has 188 valence electrons. The number of aromatic nitrogens is 7. The number of H-pyrrole nitrogens is 1. The van der Waals surface area contributed by atoms with E-state index in [1.54, 1.807) is 0 Å². The lowest BCUT2D eigenvalue weighted by atomic mass is 10.0. The van der Waals surface area contributed by atoms with E-state index in [-0.39, 0.29) is 5.69 Å². The number of tetrazole rings is 1. The minimum Gasteiger partial charge on any atom is -0.290 e. The fourth-order valence-electron chi connectivity index (χ4n) is 4.71. The molecule has 5 aromatic rings. The van der Waals surface area contributed by atoms with Crippen LogP contribution in [0.1, 0.15) is 50.1 Å². The first-order chi connectivity index (χ1) is 18.2. The van der Waals surface area contributed by atoms with E-state index in [0.29, 0.717) is 12.4 Å². The molecule has 0 fully saturated rings. The molecule has 37 heavy (non-hydrogen) atoms. The number of hydrogen-bond donors (Lipinski definition) is 1. The summed E-state index contributed by atoms with van der Waals surface area (Å²) in [7, 11) is 0. The number of unbranched alkanes of at least 4 members (excludes halogenated alkanes) is 1. The number of aryl methyl sites for hydroxylation is 2. The number of imidazole rings is 1. The predicted molar refractivity (Wildman–Crippen MR) is 145 cm³/mol. The third-order valence-electron chi connectivity index (χ3n) is 6.60. The van der Waals surface area contributed by atoms with Gasteiger partial charge in [0.25, 0.3) is 0 Å². The van der Waals surface area contributed by atoms with Gasteiger partial charge >= 0.3 is 5.69 Å². The summed E-state index contributed by atoms with van der Waals surface area (Å²) in [5, 5.41) is 14.3. The third kappa shape index (κ3) is 5.14. The van der Waals surface area contributed by atoms with E-state index >= 15 is 0 Å². The van der Waals surface area contributed by atoms with Crippen molar-refractivity contribution in [3.63, 3.8) is 0 Å². The lowest BCUT2D eigenvalue weighted by Gasteiger charge is -2.10. The van der Waals surface area contributed by atoms with E-state index in [1.165, 1.54) is 5.56 Å². The van der Waals surface area contributed by atoms with Crippen molar-refractivity contribution < 1.29 is 0 Å². The zero-order chi connectivity index (χ0) is 25.6. The van der Waals surface area contributed by atoms with Gasteiger partial charge in [-0.1, -0.05) is 75.2 Å². The second-order valence-electron chi connectivity index (χ2n) is 9.18. The van der Waals surface area contributed by atoms with Crippen LogP contribution in [0.5, 0.6) is 0 Å². The van der Waals surface area contributed by atoms with Crippen LogP contribution in [-0.4, -0.2) is 34.7 Å². The second-order valence-corrected chi connectivity index (χ2v) is 9.18. The maximum absolute atomic E-state index is 13.7. The molecule has 8 heteroatoms. The van der Waals surface area contributed by atoms with Gasteiger partial charge in [0.1, 0.15) is 0 Å². The molecular formula is C29H31N7O. The van der Waals surface area contributed by atoms with Crippen molar-refractivity contribution in [3.8, 4) is 28.2 Å². The van der Waals surface area contributed by atoms with Crippen molar-refractivity contribution in [2.45, 2.75) is 52.5 Å². The fourth-order valence-corrected chi connectivity index (χ4v) is 4.71. The molecule has 0 amide bonds. The third-order valence-corrected chi connectivity index (χ3v) is 6.60. The molecule has 0 saturated carbocycles. The van der Waals surface area contributed by atoms with Crippen LogP contribution in [0.2, 0.25) is 0 Å². The highest BCUT2D eigenvalue weighted by Crippen LogP contribution is 2.29. The molecule has 0 radical (unpaired) electrons. The Labute approximate surface area is 216 Å². The molecule has 0 aliphatic rings. The predicted octanol–water partition coefficient (Wildman–Crippen LogP) is 5.22. The van der Waals surface area contributed by atoms with Gasteiger partial charge in [-0.25, -0.2) is 9.89 Å². The van der Waals surface area contributed by atoms with Gasteiger partial charge in [-0.05, 0) is 52.9 Å². The summed E-state index contributed by atoms with van der Waals surface area (Å²) in [5.41, 5.74) is 6.85. The number of pyridine rings is 1. The molecule has 0 bridgehead atoms. The Kier molecular flexibility index (Phi) is 7.35. The normalized spacial score (nSPS) is 11.2. The van der Waals surface area contributed by atoms with Gasteiger partial charge in [0.2, 0.25) is 0 Å². The minimum atomic E-state index is -0.0244. The Morgan fingerprint density at radius 3 is 2.43 bits per heavy atom. The Bertz CT molecular complexity index is 1510. The molecular weight excluding hydrogens is 462 g/mol. The molecule has 0 aliphatic carbocycles. The van der Waals surface area contributed by atoms with Gasteiger partial charge in [0.15, 0.2) is 5.82 Å². The van der Waals surface area contributed by atoms with Crippen LogP contribution in [0.25, 0.3) is 28.2 Å². The lowest BCUT2D eigenvalue weighted by molar-refractivity contribution is 0.664. The largest absolute Gasteiger partial charge is 0.333 e. The Hall–Kier alpha value is -4.33. The minimum absolute atomic E-state index is 0.0244. The quantitative estimate of drug-likeness (QED) is 0.288. The van der Waals surface area contributed by atoms with Gasteiger partial charge in [0, 0.05) is 29.2 Å². The molecule has 1 N–H and O–H groups in total. The van der Waals surface area contributed by atoms with Crippen molar-refractivity contribution in [2.75, 3.05) is 0 Å². The van der Waals surface area contributed by atoms with Crippen molar-refractivity contribution in [1.82, 2.24) is 34.7 Å². The highest BCUT2D eigenvalue weighted by atomic mass is 16.1. The molecule has 0 saturated heterocycles. The summed E-state index contributed by atoms with van der Waals surface area (Å²) in [6.45, 7) is 4.76.